The monoisotopic (exact) mass is 374 g/mol. The van der Waals surface area contributed by atoms with Crippen LogP contribution in [0.25, 0.3) is 0 Å². The van der Waals surface area contributed by atoms with Crippen molar-refractivity contribution in [3.05, 3.63) is 59.9 Å². The minimum atomic E-state index is -0.609. The molecule has 0 spiro atoms. The highest BCUT2D eigenvalue weighted by Gasteiger charge is 2.09. The Hall–Kier alpha value is -3.09. The van der Waals surface area contributed by atoms with Gasteiger partial charge in [0.1, 0.15) is 5.75 Å². The summed E-state index contributed by atoms with van der Waals surface area (Å²) in [6.45, 7) is 2.33. The molecular formula is C20H23FN2O4. The number of carbonyl (C=O) groups is 2. The SMILES string of the molecule is CCCCCOc1ccc(C(=O)NNC(=O)COc2ccccc2F)cc1. The van der Waals surface area contributed by atoms with Gasteiger partial charge in [0.25, 0.3) is 11.8 Å². The molecule has 7 heteroatoms. The Balaban J connectivity index is 1.73. The number of hydrogen-bond acceptors (Lipinski definition) is 4. The van der Waals surface area contributed by atoms with Crippen molar-refractivity contribution in [3.8, 4) is 11.5 Å². The molecule has 2 N–H and O–H groups in total. The first-order valence-corrected chi connectivity index (χ1v) is 8.79. The normalized spacial score (nSPS) is 10.1. The van der Waals surface area contributed by atoms with Crippen molar-refractivity contribution < 1.29 is 23.5 Å². The second kappa shape index (κ2) is 10.8. The summed E-state index contributed by atoms with van der Waals surface area (Å²) in [4.78, 5) is 23.7. The molecule has 0 aliphatic carbocycles. The Labute approximate surface area is 157 Å². The van der Waals surface area contributed by atoms with E-state index in [0.717, 1.165) is 19.3 Å². The minimum absolute atomic E-state index is 0.0338. The van der Waals surface area contributed by atoms with Crippen LogP contribution in [0.3, 0.4) is 0 Å². The van der Waals surface area contributed by atoms with E-state index in [2.05, 4.69) is 17.8 Å². The molecule has 0 bridgehead atoms. The van der Waals surface area contributed by atoms with E-state index in [1.165, 1.54) is 18.2 Å². The zero-order valence-electron chi connectivity index (χ0n) is 15.2. The molecule has 0 radical (unpaired) electrons. The highest BCUT2D eigenvalue weighted by molar-refractivity contribution is 5.95. The van der Waals surface area contributed by atoms with Gasteiger partial charge in [-0.05, 0) is 42.8 Å². The summed E-state index contributed by atoms with van der Waals surface area (Å²) in [5.41, 5.74) is 4.86. The van der Waals surface area contributed by atoms with Gasteiger partial charge in [-0.2, -0.15) is 0 Å². The lowest BCUT2D eigenvalue weighted by molar-refractivity contribution is -0.123. The fourth-order valence-electron chi connectivity index (χ4n) is 2.18. The summed E-state index contributed by atoms with van der Waals surface area (Å²) in [6.07, 6.45) is 3.22. The fourth-order valence-corrected chi connectivity index (χ4v) is 2.18. The van der Waals surface area contributed by atoms with Gasteiger partial charge in [0, 0.05) is 5.56 Å². The maximum atomic E-state index is 13.4. The number of unbranched alkanes of at least 4 members (excludes halogenated alkanes) is 2. The molecule has 2 rings (SSSR count). The summed E-state index contributed by atoms with van der Waals surface area (Å²) in [5.74, 6) is -1.00. The van der Waals surface area contributed by atoms with Crippen LogP contribution in [0.2, 0.25) is 0 Å². The highest BCUT2D eigenvalue weighted by atomic mass is 19.1. The zero-order valence-corrected chi connectivity index (χ0v) is 15.2. The smallest absolute Gasteiger partial charge is 0.276 e. The van der Waals surface area contributed by atoms with Crippen molar-refractivity contribution >= 4 is 11.8 Å². The molecule has 2 aromatic carbocycles. The minimum Gasteiger partial charge on any atom is -0.494 e. The lowest BCUT2D eigenvalue weighted by atomic mass is 10.2. The van der Waals surface area contributed by atoms with E-state index in [1.807, 2.05) is 0 Å². The van der Waals surface area contributed by atoms with E-state index < -0.39 is 24.2 Å². The van der Waals surface area contributed by atoms with Crippen LogP contribution in [0.4, 0.5) is 4.39 Å². The number of nitrogens with one attached hydrogen (secondary N) is 2. The van der Waals surface area contributed by atoms with Crippen LogP contribution in [-0.4, -0.2) is 25.0 Å². The number of halogens is 1. The summed E-state index contributed by atoms with van der Waals surface area (Å²) in [5, 5.41) is 0. The van der Waals surface area contributed by atoms with Crippen LogP contribution < -0.4 is 20.3 Å². The van der Waals surface area contributed by atoms with Gasteiger partial charge in [0.05, 0.1) is 6.61 Å². The average Bonchev–Trinajstić information content (AvgIpc) is 2.69. The second-order valence-corrected chi connectivity index (χ2v) is 5.80. The first-order valence-electron chi connectivity index (χ1n) is 8.79. The van der Waals surface area contributed by atoms with E-state index in [1.54, 1.807) is 30.3 Å². The molecule has 0 aromatic heterocycles. The van der Waals surface area contributed by atoms with E-state index in [-0.39, 0.29) is 5.75 Å². The van der Waals surface area contributed by atoms with Crippen LogP contribution in [-0.2, 0) is 4.79 Å². The molecule has 0 fully saturated rings. The number of carbonyl (C=O) groups excluding carboxylic acids is 2. The predicted octanol–water partition coefficient (Wildman–Crippen LogP) is 3.23. The van der Waals surface area contributed by atoms with Gasteiger partial charge >= 0.3 is 0 Å². The summed E-state index contributed by atoms with van der Waals surface area (Å²) < 4.78 is 24.0. The van der Waals surface area contributed by atoms with E-state index in [4.69, 9.17) is 9.47 Å². The molecule has 2 amide bonds. The molecule has 6 nitrogen and oxygen atoms in total. The Bertz CT molecular complexity index is 750. The molecule has 2 aromatic rings. The summed E-state index contributed by atoms with van der Waals surface area (Å²) >= 11 is 0. The Kier molecular flexibility index (Phi) is 8.09. The maximum Gasteiger partial charge on any atom is 0.276 e. The molecule has 0 unspecified atom stereocenters. The topological polar surface area (TPSA) is 76.7 Å². The van der Waals surface area contributed by atoms with Gasteiger partial charge in [-0.3, -0.25) is 20.4 Å². The third-order valence-corrected chi connectivity index (χ3v) is 3.64. The number of ether oxygens (including phenoxy) is 2. The van der Waals surface area contributed by atoms with Gasteiger partial charge in [-0.1, -0.05) is 31.9 Å². The van der Waals surface area contributed by atoms with Crippen molar-refractivity contribution in [2.75, 3.05) is 13.2 Å². The number of amides is 2. The molecule has 0 atom stereocenters. The van der Waals surface area contributed by atoms with Crippen molar-refractivity contribution in [1.29, 1.82) is 0 Å². The van der Waals surface area contributed by atoms with Crippen LogP contribution in [0.5, 0.6) is 11.5 Å². The fraction of sp³-hybridized carbons (Fsp3) is 0.300. The molecule has 0 heterocycles. The number of benzene rings is 2. The highest BCUT2D eigenvalue weighted by Crippen LogP contribution is 2.15. The number of rotatable bonds is 9. The number of hydrazine groups is 1. The molecule has 27 heavy (non-hydrogen) atoms. The molecule has 0 saturated carbocycles. The quantitative estimate of drug-likeness (QED) is 0.522. The first-order chi connectivity index (χ1) is 13.1. The lowest BCUT2D eigenvalue weighted by Gasteiger charge is -2.10. The summed E-state index contributed by atoms with van der Waals surface area (Å²) in [7, 11) is 0. The lowest BCUT2D eigenvalue weighted by Crippen LogP contribution is -2.43. The molecular weight excluding hydrogens is 351 g/mol. The largest absolute Gasteiger partial charge is 0.494 e. The second-order valence-electron chi connectivity index (χ2n) is 5.80. The molecule has 0 aliphatic rings. The predicted molar refractivity (Wildman–Crippen MR) is 99.0 cm³/mol. The van der Waals surface area contributed by atoms with E-state index >= 15 is 0 Å². The van der Waals surface area contributed by atoms with Gasteiger partial charge in [0.2, 0.25) is 0 Å². The first kappa shape index (κ1) is 20.2. The molecule has 0 aliphatic heterocycles. The number of para-hydroxylation sites is 1. The standard InChI is InChI=1S/C20H23FN2O4/c1-2-3-6-13-26-16-11-9-15(10-12-16)20(25)23-22-19(24)14-27-18-8-5-4-7-17(18)21/h4-5,7-12H,2-3,6,13-14H2,1H3,(H,22,24)(H,23,25). The Morgan fingerprint density at radius 3 is 2.41 bits per heavy atom. The van der Waals surface area contributed by atoms with Crippen molar-refractivity contribution in [2.24, 2.45) is 0 Å². The maximum absolute atomic E-state index is 13.4. The van der Waals surface area contributed by atoms with Crippen LogP contribution in [0, 0.1) is 5.82 Å². The molecule has 144 valence electrons. The Morgan fingerprint density at radius 2 is 1.70 bits per heavy atom. The van der Waals surface area contributed by atoms with Crippen molar-refractivity contribution in [1.82, 2.24) is 10.9 Å². The van der Waals surface area contributed by atoms with E-state index in [0.29, 0.717) is 17.9 Å². The van der Waals surface area contributed by atoms with Gasteiger partial charge in [0.15, 0.2) is 18.2 Å². The van der Waals surface area contributed by atoms with Crippen LogP contribution in [0.1, 0.15) is 36.5 Å². The number of hydrogen-bond donors (Lipinski definition) is 2. The van der Waals surface area contributed by atoms with E-state index in [9.17, 15) is 14.0 Å². The van der Waals surface area contributed by atoms with Gasteiger partial charge in [-0.25, -0.2) is 4.39 Å². The molecule has 0 saturated heterocycles. The summed E-state index contributed by atoms with van der Waals surface area (Å²) in [6, 6.07) is 12.4. The van der Waals surface area contributed by atoms with Crippen LogP contribution in [0.15, 0.2) is 48.5 Å². The zero-order chi connectivity index (χ0) is 19.5. The van der Waals surface area contributed by atoms with Gasteiger partial charge in [-0.15, -0.1) is 0 Å². The average molecular weight is 374 g/mol. The van der Waals surface area contributed by atoms with Crippen molar-refractivity contribution in [3.63, 3.8) is 0 Å². The Morgan fingerprint density at radius 1 is 0.963 bits per heavy atom. The van der Waals surface area contributed by atoms with Crippen LogP contribution >= 0.6 is 0 Å². The van der Waals surface area contributed by atoms with Gasteiger partial charge < -0.3 is 9.47 Å². The van der Waals surface area contributed by atoms with Crippen molar-refractivity contribution in [2.45, 2.75) is 26.2 Å². The third kappa shape index (κ3) is 6.97. The third-order valence-electron chi connectivity index (χ3n) is 3.64.